The molecule has 0 saturated carbocycles. The first kappa shape index (κ1) is 61.8. The number of nitrogens with zero attached hydrogens (tertiary/aromatic N) is 5. The number of hydrogen-bond acceptors (Lipinski definition) is 5. The standard InChI is InChI=1S/C46H53N2P.C25H27N3.2ClH.Fe/c1-29-20-30(2)23-37(22-29)49(38-24-31(3)21-32(4)25-38)19-18-47-43-39-16-12-14-35-15-13-17-40(41(35)39)44(43)48-42-33(5)26-36(27-34(42)6)46(10,11)28-45(7,8)9;1-16-10-12-22(13-11-16)26-20(5)23-8-7-9-24(28-23)21(6)27-25-18(3)14-17(2)15-19(25)4;;;/h12-17,20-27H,18-19,28H2,1-11H3;7-15H,1-6H3;2*1H;/q;;;;+2/p-1. The van der Waals surface area contributed by atoms with Crippen LogP contribution < -0.4 is 10.6 Å². The summed E-state index contributed by atoms with van der Waals surface area (Å²) in [6, 6.07) is 50.7. The molecule has 0 N–H and O–H groups in total. The molecule has 0 bridgehead atoms. The van der Waals surface area contributed by atoms with Gasteiger partial charge in [0.2, 0.25) is 0 Å². The zero-order valence-corrected chi connectivity index (χ0v) is 53.9. The normalized spacial score (nSPS) is 13.8. The van der Waals surface area contributed by atoms with E-state index in [4.69, 9.17) is 45.1 Å². The summed E-state index contributed by atoms with van der Waals surface area (Å²) in [6.45, 7) is 38.3. The van der Waals surface area contributed by atoms with Crippen LogP contribution in [-0.4, -0.2) is 40.5 Å². The number of aliphatic imine (C=N–C) groups is 4. The molecule has 1 aliphatic rings. The van der Waals surface area contributed by atoms with E-state index in [2.05, 4.69) is 213 Å². The molecule has 0 unspecified atom stereocenters. The Labute approximate surface area is 495 Å². The average Bonchev–Trinajstić information content (AvgIpc) is 3.67. The number of aromatic nitrogens is 1. The fourth-order valence-electron chi connectivity index (χ4n) is 11.6. The first-order valence-electron chi connectivity index (χ1n) is 27.7. The zero-order chi connectivity index (χ0) is 58.2. The Morgan fingerprint density at radius 1 is 0.512 bits per heavy atom. The van der Waals surface area contributed by atoms with E-state index in [1.54, 1.807) is 0 Å². The van der Waals surface area contributed by atoms with Gasteiger partial charge in [-0.1, -0.05) is 137 Å². The van der Waals surface area contributed by atoms with Crippen molar-refractivity contribution in [1.82, 2.24) is 4.98 Å². The number of hydrogen-bond donors (Lipinski definition) is 0. The molecule has 5 nitrogen and oxygen atoms in total. The fraction of sp³-hybridized carbons (Fsp3) is 0.310. The van der Waals surface area contributed by atoms with E-state index >= 15 is 0 Å². The van der Waals surface area contributed by atoms with E-state index in [9.17, 15) is 0 Å². The minimum absolute atomic E-state index is 0.0757. The van der Waals surface area contributed by atoms with Gasteiger partial charge in [-0.15, -0.1) is 0 Å². The molecule has 0 amide bonds. The second-order valence-electron chi connectivity index (χ2n) is 23.9. The van der Waals surface area contributed by atoms with E-state index in [1.165, 1.54) is 93.7 Å². The summed E-state index contributed by atoms with van der Waals surface area (Å²) < 4.78 is 0. The molecule has 9 rings (SSSR count). The SMILES string of the molecule is CC(=Nc1ccc(C)cc1)c1cccc(C(C)=Nc2c(C)cc(C)cc2C)n1.Cc1cc(C)cc([PH+](CCN=C2C(=Nc3c(C)cc(C(C)(C)CC(C)(C)C)cc3C)c3cccc4cccc2c34)c2cc(C)cc(C)c2)c1.[Cl][Fe][Cl]. The fourth-order valence-corrected chi connectivity index (χ4v) is 14.5. The summed E-state index contributed by atoms with van der Waals surface area (Å²) in [4.78, 5) is 25.4. The number of rotatable bonds is 12. The Hall–Kier alpha value is -5.84. The van der Waals surface area contributed by atoms with E-state index in [0.717, 1.165) is 70.4 Å². The molecule has 0 saturated heterocycles. The number of aryl methyl sites for hydroxylation is 10. The van der Waals surface area contributed by atoms with Gasteiger partial charge in [0.15, 0.2) is 0 Å². The summed E-state index contributed by atoms with van der Waals surface area (Å²) in [6.07, 6.45) is 2.14. The number of halogens is 2. The predicted octanol–water partition coefficient (Wildman–Crippen LogP) is 19.2. The van der Waals surface area contributed by atoms with Crippen LogP contribution in [0.25, 0.3) is 10.8 Å². The predicted molar refractivity (Wildman–Crippen MR) is 350 cm³/mol. The second kappa shape index (κ2) is 26.8. The van der Waals surface area contributed by atoms with Crippen molar-refractivity contribution in [2.45, 2.75) is 130 Å². The van der Waals surface area contributed by atoms with Gasteiger partial charge in [-0.2, -0.15) is 0 Å². The molecule has 0 fully saturated rings. The van der Waals surface area contributed by atoms with Gasteiger partial charge < -0.3 is 0 Å². The molecular formula is C71H81Cl2FeN5P+. The maximum atomic E-state index is 5.53. The summed E-state index contributed by atoms with van der Waals surface area (Å²) in [5.41, 5.74) is 25.3. The van der Waals surface area contributed by atoms with Gasteiger partial charge in [-0.05, 0) is 204 Å². The summed E-state index contributed by atoms with van der Waals surface area (Å²) in [5.74, 6) is 0. The van der Waals surface area contributed by atoms with Crippen LogP contribution in [0, 0.1) is 74.7 Å². The minimum atomic E-state index is -1.07. The molecule has 1 heterocycles. The van der Waals surface area contributed by atoms with E-state index in [-0.39, 0.29) is 24.0 Å². The Kier molecular flexibility index (Phi) is 20.7. The molecule has 0 spiro atoms. The van der Waals surface area contributed by atoms with Gasteiger partial charge in [0.05, 0.1) is 82.5 Å². The Morgan fingerprint density at radius 3 is 1.46 bits per heavy atom. The second-order valence-corrected chi connectivity index (χ2v) is 28.3. The molecule has 8 aromatic rings. The van der Waals surface area contributed by atoms with Crippen molar-refractivity contribution in [2.24, 2.45) is 25.4 Å². The summed E-state index contributed by atoms with van der Waals surface area (Å²) in [7, 11) is 8.46. The van der Waals surface area contributed by atoms with Crippen LogP contribution in [-0.2, 0) is 18.5 Å². The molecule has 9 heteroatoms. The van der Waals surface area contributed by atoms with Gasteiger partial charge in [0.25, 0.3) is 0 Å². The molecular weight excluding hydrogens is 1080 g/mol. The third-order valence-electron chi connectivity index (χ3n) is 14.6. The first-order valence-corrected chi connectivity index (χ1v) is 32.5. The van der Waals surface area contributed by atoms with Gasteiger partial charge in [-0.25, -0.2) is 9.98 Å². The third-order valence-corrected chi connectivity index (χ3v) is 17.3. The first-order chi connectivity index (χ1) is 37.8. The van der Waals surface area contributed by atoms with Crippen molar-refractivity contribution in [1.29, 1.82) is 0 Å². The van der Waals surface area contributed by atoms with Crippen molar-refractivity contribution in [2.75, 3.05) is 12.7 Å². The van der Waals surface area contributed by atoms with Crippen LogP contribution in [0.1, 0.15) is 139 Å². The van der Waals surface area contributed by atoms with Crippen LogP contribution in [0.3, 0.4) is 0 Å². The van der Waals surface area contributed by atoms with Crippen molar-refractivity contribution in [3.63, 3.8) is 0 Å². The Balaban J connectivity index is 0.000000252. The molecule has 1 aromatic heterocycles. The van der Waals surface area contributed by atoms with Gasteiger partial charge in [0.1, 0.15) is 0 Å². The average molecular weight is 1160 g/mol. The Bertz CT molecular complexity index is 3530. The zero-order valence-electron chi connectivity index (χ0n) is 50.2. The molecule has 0 atom stereocenters. The molecule has 0 radical (unpaired) electrons. The van der Waals surface area contributed by atoms with E-state index in [0.29, 0.717) is 0 Å². The van der Waals surface area contributed by atoms with Crippen molar-refractivity contribution >= 4 is 89.4 Å². The number of pyridine rings is 1. The summed E-state index contributed by atoms with van der Waals surface area (Å²) in [5, 5.41) is 5.46. The molecule has 1 aliphatic carbocycles. The van der Waals surface area contributed by atoms with E-state index in [1.807, 2.05) is 44.2 Å². The Morgan fingerprint density at radius 2 is 0.963 bits per heavy atom. The monoisotopic (exact) mass is 1160 g/mol. The molecule has 80 heavy (non-hydrogen) atoms. The van der Waals surface area contributed by atoms with Crippen LogP contribution in [0.5, 0.6) is 0 Å². The maximum absolute atomic E-state index is 5.53. The van der Waals surface area contributed by atoms with Crippen molar-refractivity contribution < 1.29 is 13.1 Å². The van der Waals surface area contributed by atoms with Crippen molar-refractivity contribution in [3.8, 4) is 0 Å². The van der Waals surface area contributed by atoms with Gasteiger partial charge in [0, 0.05) is 16.5 Å². The third kappa shape index (κ3) is 15.8. The van der Waals surface area contributed by atoms with Crippen LogP contribution >= 0.6 is 28.1 Å². The van der Waals surface area contributed by atoms with E-state index < -0.39 is 7.92 Å². The van der Waals surface area contributed by atoms with Crippen LogP contribution in [0.2, 0.25) is 0 Å². The topological polar surface area (TPSA) is 62.3 Å². The van der Waals surface area contributed by atoms with Crippen LogP contribution in [0.15, 0.2) is 159 Å². The van der Waals surface area contributed by atoms with Gasteiger partial charge >= 0.3 is 33.3 Å². The summed E-state index contributed by atoms with van der Waals surface area (Å²) >= 11 is 0.194. The molecule has 7 aromatic carbocycles. The van der Waals surface area contributed by atoms with Gasteiger partial charge in [-0.3, -0.25) is 15.0 Å². The number of benzene rings is 7. The molecule has 416 valence electrons. The van der Waals surface area contributed by atoms with Crippen LogP contribution in [0.4, 0.5) is 17.1 Å². The van der Waals surface area contributed by atoms with Crippen molar-refractivity contribution in [3.05, 3.63) is 223 Å². The molecule has 0 aliphatic heterocycles. The quantitative estimate of drug-likeness (QED) is 0.0683.